The largest absolute Gasteiger partial charge is 0.484 e. The number of carbonyl (C=O) groups is 1. The van der Waals surface area contributed by atoms with Gasteiger partial charge in [0.2, 0.25) is 0 Å². The third-order valence-electron chi connectivity index (χ3n) is 3.87. The summed E-state index contributed by atoms with van der Waals surface area (Å²) in [4.78, 5) is 14.3. The zero-order valence-corrected chi connectivity index (χ0v) is 15.7. The Balaban J connectivity index is 2.22. The van der Waals surface area contributed by atoms with Crippen LogP contribution in [0, 0.1) is 0 Å². The summed E-state index contributed by atoms with van der Waals surface area (Å²) in [5, 5.41) is 6.25. The van der Waals surface area contributed by atoms with Gasteiger partial charge < -0.3 is 26.0 Å². The van der Waals surface area contributed by atoms with Gasteiger partial charge in [-0.05, 0) is 50.2 Å². The molecule has 0 radical (unpaired) electrons. The normalized spacial score (nSPS) is 10.9. The first kappa shape index (κ1) is 21.4. The van der Waals surface area contributed by atoms with E-state index in [0.29, 0.717) is 18.8 Å². The summed E-state index contributed by atoms with van der Waals surface area (Å²) in [6, 6.07) is 7.71. The molecule has 0 unspecified atom stereocenters. The Bertz CT molecular complexity index is 465. The molecule has 1 aromatic carbocycles. The molecule has 4 N–H and O–H groups in total. The van der Waals surface area contributed by atoms with Crippen LogP contribution in [0.25, 0.3) is 0 Å². The molecule has 25 heavy (non-hydrogen) atoms. The zero-order chi connectivity index (χ0) is 18.3. The summed E-state index contributed by atoms with van der Waals surface area (Å²) < 4.78 is 5.52. The fourth-order valence-corrected chi connectivity index (χ4v) is 2.54. The standard InChI is InChI=1S/C19H34N4O2/c1-3-13-23(14-11-21-4-2)15-12-22-19(24)16-25-18-7-5-17(6-8-18)9-10-20/h5-8,21H,3-4,9-16,20H2,1-2H3,(H,22,24). The lowest BCUT2D eigenvalue weighted by Gasteiger charge is -2.21. The highest BCUT2D eigenvalue weighted by Crippen LogP contribution is 2.12. The second-order valence-electron chi connectivity index (χ2n) is 6.02. The Morgan fingerprint density at radius 3 is 2.48 bits per heavy atom. The van der Waals surface area contributed by atoms with Crippen molar-refractivity contribution in [1.29, 1.82) is 0 Å². The van der Waals surface area contributed by atoms with E-state index >= 15 is 0 Å². The molecule has 0 saturated carbocycles. The molecule has 142 valence electrons. The first-order valence-electron chi connectivity index (χ1n) is 9.31. The maximum absolute atomic E-state index is 11.9. The Labute approximate surface area is 152 Å². The Morgan fingerprint density at radius 1 is 1.12 bits per heavy atom. The predicted octanol–water partition coefficient (Wildman–Crippen LogP) is 1.00. The van der Waals surface area contributed by atoms with Crippen molar-refractivity contribution in [2.45, 2.75) is 26.7 Å². The number of amides is 1. The molecule has 1 amide bonds. The molecule has 0 spiro atoms. The smallest absolute Gasteiger partial charge is 0.257 e. The van der Waals surface area contributed by atoms with Gasteiger partial charge in [0.25, 0.3) is 5.91 Å². The maximum Gasteiger partial charge on any atom is 0.257 e. The van der Waals surface area contributed by atoms with E-state index in [1.807, 2.05) is 24.3 Å². The molecule has 1 aromatic rings. The predicted molar refractivity (Wildman–Crippen MR) is 103 cm³/mol. The monoisotopic (exact) mass is 350 g/mol. The average Bonchev–Trinajstić information content (AvgIpc) is 2.61. The Kier molecular flexibility index (Phi) is 11.7. The molecule has 0 aliphatic carbocycles. The van der Waals surface area contributed by atoms with E-state index in [1.165, 1.54) is 5.56 Å². The zero-order valence-electron chi connectivity index (χ0n) is 15.7. The number of rotatable bonds is 14. The highest BCUT2D eigenvalue weighted by atomic mass is 16.5. The topological polar surface area (TPSA) is 79.6 Å². The number of benzene rings is 1. The molecule has 0 bridgehead atoms. The first-order chi connectivity index (χ1) is 12.2. The SMILES string of the molecule is CCCN(CCNCC)CCNC(=O)COc1ccc(CCN)cc1. The van der Waals surface area contributed by atoms with Gasteiger partial charge in [-0.3, -0.25) is 4.79 Å². The summed E-state index contributed by atoms with van der Waals surface area (Å²) in [6.45, 7) is 10.5. The van der Waals surface area contributed by atoms with E-state index in [-0.39, 0.29) is 12.5 Å². The minimum atomic E-state index is -0.0887. The van der Waals surface area contributed by atoms with E-state index < -0.39 is 0 Å². The van der Waals surface area contributed by atoms with Crippen LogP contribution in [0.1, 0.15) is 25.8 Å². The van der Waals surface area contributed by atoms with Crippen molar-refractivity contribution in [3.63, 3.8) is 0 Å². The summed E-state index contributed by atoms with van der Waals surface area (Å²) in [7, 11) is 0. The molecular formula is C19H34N4O2. The second kappa shape index (κ2) is 13.6. The van der Waals surface area contributed by atoms with Crippen LogP contribution in [0.3, 0.4) is 0 Å². The Hall–Kier alpha value is -1.63. The van der Waals surface area contributed by atoms with Gasteiger partial charge in [-0.25, -0.2) is 0 Å². The van der Waals surface area contributed by atoms with Crippen molar-refractivity contribution in [1.82, 2.24) is 15.5 Å². The molecule has 0 saturated heterocycles. The molecule has 0 aromatic heterocycles. The van der Waals surface area contributed by atoms with Crippen LogP contribution in [-0.4, -0.2) is 63.2 Å². The van der Waals surface area contributed by atoms with Crippen LogP contribution in [-0.2, 0) is 11.2 Å². The quantitative estimate of drug-likeness (QED) is 0.436. The molecule has 0 atom stereocenters. The third-order valence-corrected chi connectivity index (χ3v) is 3.87. The van der Waals surface area contributed by atoms with Crippen molar-refractivity contribution < 1.29 is 9.53 Å². The number of nitrogens with two attached hydrogens (primary N) is 1. The lowest BCUT2D eigenvalue weighted by molar-refractivity contribution is -0.123. The van der Waals surface area contributed by atoms with Crippen molar-refractivity contribution in [3.8, 4) is 5.75 Å². The lowest BCUT2D eigenvalue weighted by Crippen LogP contribution is -2.40. The van der Waals surface area contributed by atoms with E-state index in [1.54, 1.807) is 0 Å². The highest BCUT2D eigenvalue weighted by molar-refractivity contribution is 5.77. The van der Waals surface area contributed by atoms with Crippen LogP contribution >= 0.6 is 0 Å². The second-order valence-corrected chi connectivity index (χ2v) is 6.02. The summed E-state index contributed by atoms with van der Waals surface area (Å²) >= 11 is 0. The van der Waals surface area contributed by atoms with Crippen molar-refractivity contribution in [2.24, 2.45) is 5.73 Å². The highest BCUT2D eigenvalue weighted by Gasteiger charge is 2.06. The van der Waals surface area contributed by atoms with E-state index in [9.17, 15) is 4.79 Å². The minimum Gasteiger partial charge on any atom is -0.484 e. The average molecular weight is 351 g/mol. The summed E-state index contributed by atoms with van der Waals surface area (Å²) in [6.07, 6.45) is 1.96. The Morgan fingerprint density at radius 2 is 1.84 bits per heavy atom. The molecule has 0 fully saturated rings. The minimum absolute atomic E-state index is 0.0431. The van der Waals surface area contributed by atoms with Crippen LogP contribution in [0.2, 0.25) is 0 Å². The van der Waals surface area contributed by atoms with Crippen LogP contribution in [0.5, 0.6) is 5.75 Å². The number of carbonyl (C=O) groups excluding carboxylic acids is 1. The van der Waals surface area contributed by atoms with Gasteiger partial charge in [-0.15, -0.1) is 0 Å². The molecule has 0 aliphatic heterocycles. The van der Waals surface area contributed by atoms with Gasteiger partial charge in [0.15, 0.2) is 6.61 Å². The van der Waals surface area contributed by atoms with Crippen LogP contribution < -0.4 is 21.1 Å². The number of nitrogens with zero attached hydrogens (tertiary/aromatic N) is 1. The fourth-order valence-electron chi connectivity index (χ4n) is 2.54. The lowest BCUT2D eigenvalue weighted by atomic mass is 10.1. The van der Waals surface area contributed by atoms with Crippen molar-refractivity contribution in [3.05, 3.63) is 29.8 Å². The number of likely N-dealkylation sites (N-methyl/N-ethyl adjacent to an activating group) is 1. The van der Waals surface area contributed by atoms with Crippen LogP contribution in [0.15, 0.2) is 24.3 Å². The summed E-state index contributed by atoms with van der Waals surface area (Å²) in [5.41, 5.74) is 6.70. The van der Waals surface area contributed by atoms with E-state index in [0.717, 1.165) is 45.6 Å². The molecular weight excluding hydrogens is 316 g/mol. The maximum atomic E-state index is 11.9. The van der Waals surface area contributed by atoms with Gasteiger partial charge in [0, 0.05) is 26.2 Å². The first-order valence-corrected chi connectivity index (χ1v) is 9.31. The van der Waals surface area contributed by atoms with Gasteiger partial charge >= 0.3 is 0 Å². The molecule has 0 aliphatic rings. The molecule has 6 heteroatoms. The molecule has 0 heterocycles. The van der Waals surface area contributed by atoms with E-state index in [2.05, 4.69) is 29.4 Å². The number of hydrogen-bond donors (Lipinski definition) is 3. The number of ether oxygens (including phenoxy) is 1. The van der Waals surface area contributed by atoms with Gasteiger partial charge in [0.05, 0.1) is 0 Å². The fraction of sp³-hybridized carbons (Fsp3) is 0.632. The van der Waals surface area contributed by atoms with Crippen LogP contribution in [0.4, 0.5) is 0 Å². The van der Waals surface area contributed by atoms with Gasteiger partial charge in [0.1, 0.15) is 5.75 Å². The van der Waals surface area contributed by atoms with Crippen molar-refractivity contribution in [2.75, 3.05) is 52.4 Å². The van der Waals surface area contributed by atoms with Crippen molar-refractivity contribution >= 4 is 5.91 Å². The number of nitrogens with one attached hydrogen (secondary N) is 2. The summed E-state index contributed by atoms with van der Waals surface area (Å²) in [5.74, 6) is 0.614. The van der Waals surface area contributed by atoms with Gasteiger partial charge in [-0.2, -0.15) is 0 Å². The van der Waals surface area contributed by atoms with E-state index in [4.69, 9.17) is 10.5 Å². The molecule has 1 rings (SSSR count). The third kappa shape index (κ3) is 10.1. The van der Waals surface area contributed by atoms with Gasteiger partial charge in [-0.1, -0.05) is 26.0 Å². The molecule has 6 nitrogen and oxygen atoms in total. The number of hydrogen-bond acceptors (Lipinski definition) is 5.